The van der Waals surface area contributed by atoms with Gasteiger partial charge in [-0.15, -0.1) is 0 Å². The molecule has 0 aliphatic heterocycles. The molecule has 0 radical (unpaired) electrons. The highest BCUT2D eigenvalue weighted by Gasteiger charge is 2.40. The summed E-state index contributed by atoms with van der Waals surface area (Å²) in [5.74, 6) is -0.792. The molecule has 0 aromatic heterocycles. The van der Waals surface area contributed by atoms with Crippen molar-refractivity contribution in [3.8, 4) is 0 Å². The van der Waals surface area contributed by atoms with E-state index in [4.69, 9.17) is 0 Å². The van der Waals surface area contributed by atoms with Crippen molar-refractivity contribution >= 4 is 19.0 Å². The average Bonchev–Trinajstić information content (AvgIpc) is 2.40. The second kappa shape index (κ2) is 7.03. The second-order valence-corrected chi connectivity index (χ2v) is 10.9. The molecule has 1 aromatic rings. The van der Waals surface area contributed by atoms with Crippen LogP contribution in [0.3, 0.4) is 0 Å². The Morgan fingerprint density at radius 3 is 2.00 bits per heavy atom. The summed E-state index contributed by atoms with van der Waals surface area (Å²) in [6, 6.07) is 6.71. The number of alkyl halides is 3. The lowest BCUT2D eigenvalue weighted by atomic mass is 9.84. The highest BCUT2D eigenvalue weighted by atomic mass is 28.3. The first-order valence-electron chi connectivity index (χ1n) is 6.14. The molecule has 2 N–H and O–H groups in total. The molecule has 0 saturated heterocycles. The van der Waals surface area contributed by atoms with Crippen LogP contribution in [0, 0.1) is 5.41 Å². The average molecular weight is 306 g/mol. The van der Waals surface area contributed by atoms with Crippen LogP contribution in [0.2, 0.25) is 19.6 Å². The Bertz CT molecular complexity index is 446. The van der Waals surface area contributed by atoms with Crippen molar-refractivity contribution in [3.05, 3.63) is 29.8 Å². The Hall–Kier alpha value is -1.14. The fraction of sp³-hybridized carbons (Fsp3) is 0.500. The zero-order valence-electron chi connectivity index (χ0n) is 12.0. The van der Waals surface area contributed by atoms with Gasteiger partial charge in [-0.1, -0.05) is 49.1 Å². The van der Waals surface area contributed by atoms with Crippen molar-refractivity contribution in [3.63, 3.8) is 0 Å². The molecule has 0 fully saturated rings. The maximum Gasteiger partial charge on any atom is 0.176 e. The summed E-state index contributed by atoms with van der Waals surface area (Å²) in [5.41, 5.74) is -1.98. The van der Waals surface area contributed by atoms with E-state index in [-0.39, 0.29) is 11.0 Å². The summed E-state index contributed by atoms with van der Waals surface area (Å²) in [7, 11) is -1.63. The number of Topliss-reactive ketones (excluding diaryl/α,β-unsaturated/α-hetero) is 1. The van der Waals surface area contributed by atoms with Gasteiger partial charge in [0.05, 0.1) is 8.07 Å². The van der Waals surface area contributed by atoms with Gasteiger partial charge in [0.1, 0.15) is 25.4 Å². The van der Waals surface area contributed by atoms with Crippen LogP contribution in [-0.4, -0.2) is 39.4 Å². The Kier molecular flexibility index (Phi) is 6.63. The van der Waals surface area contributed by atoms with Gasteiger partial charge in [0.2, 0.25) is 0 Å². The minimum Gasteiger partial charge on any atom is -0.412 e. The third-order valence-electron chi connectivity index (χ3n) is 3.24. The van der Waals surface area contributed by atoms with Crippen molar-refractivity contribution in [1.29, 1.82) is 0 Å². The zero-order chi connectivity index (χ0) is 14.7. The predicted octanol–water partition coefficient (Wildman–Crippen LogP) is 2.48. The van der Waals surface area contributed by atoms with E-state index >= 15 is 0 Å². The summed E-state index contributed by atoms with van der Waals surface area (Å²) in [5, 5.41) is 1.00. The van der Waals surface area contributed by atoms with Crippen LogP contribution in [0.25, 0.3) is 0 Å². The maximum absolute atomic E-state index is 12.9. The van der Waals surface area contributed by atoms with Gasteiger partial charge in [-0.3, -0.25) is 4.79 Å². The summed E-state index contributed by atoms with van der Waals surface area (Å²) < 4.78 is 38.7. The van der Waals surface area contributed by atoms with E-state index in [2.05, 4.69) is 19.6 Å². The Morgan fingerprint density at radius 2 is 1.60 bits per heavy atom. The van der Waals surface area contributed by atoms with Gasteiger partial charge in [0.25, 0.3) is 0 Å². The lowest BCUT2D eigenvalue weighted by Gasteiger charge is -2.24. The predicted molar refractivity (Wildman–Crippen MR) is 77.7 cm³/mol. The van der Waals surface area contributed by atoms with Crippen LogP contribution < -0.4 is 5.19 Å². The highest BCUT2D eigenvalue weighted by Crippen LogP contribution is 2.25. The molecule has 0 aliphatic rings. The highest BCUT2D eigenvalue weighted by molar-refractivity contribution is 6.88. The van der Waals surface area contributed by atoms with Crippen molar-refractivity contribution < 1.29 is 23.4 Å². The van der Waals surface area contributed by atoms with E-state index in [0.29, 0.717) is 0 Å². The van der Waals surface area contributed by atoms with E-state index in [9.17, 15) is 18.0 Å². The zero-order valence-corrected chi connectivity index (χ0v) is 13.0. The van der Waals surface area contributed by atoms with E-state index < -0.39 is 39.3 Å². The lowest BCUT2D eigenvalue weighted by molar-refractivity contribution is 0.0599. The van der Waals surface area contributed by atoms with Crippen molar-refractivity contribution in [1.82, 2.24) is 0 Å². The molecule has 0 amide bonds. The van der Waals surface area contributed by atoms with Crippen LogP contribution in [0.1, 0.15) is 10.4 Å². The molecule has 1 rings (SSSR count). The molecule has 2 nitrogen and oxygen atoms in total. The van der Waals surface area contributed by atoms with E-state index in [0.717, 1.165) is 5.19 Å². The first kappa shape index (κ1) is 18.9. The molecule has 0 spiro atoms. The molecule has 0 saturated carbocycles. The minimum absolute atomic E-state index is 0. The number of carbonyl (C=O) groups excluding carboxylic acids is 1. The molecule has 0 heterocycles. The standard InChI is InChI=1S/C14H19F3OSi.H2O/c1-19(2,3)12-6-4-5-11(7-12)13(18)14(8-15,9-16)10-17;/h4-7H,8-10H2,1-3H3;1H2. The summed E-state index contributed by atoms with van der Waals surface area (Å²) in [4.78, 5) is 12.1. The Labute approximate surface area is 118 Å². The van der Waals surface area contributed by atoms with Crippen molar-refractivity contribution in [2.45, 2.75) is 19.6 Å². The largest absolute Gasteiger partial charge is 0.412 e. The molecule has 0 bridgehead atoms. The topological polar surface area (TPSA) is 48.6 Å². The summed E-state index contributed by atoms with van der Waals surface area (Å²) in [6.45, 7) is 2.33. The second-order valence-electron chi connectivity index (χ2n) is 5.84. The first-order valence-corrected chi connectivity index (χ1v) is 9.64. The van der Waals surface area contributed by atoms with Gasteiger partial charge in [0.15, 0.2) is 5.78 Å². The van der Waals surface area contributed by atoms with Gasteiger partial charge in [-0.05, 0) is 0 Å². The maximum atomic E-state index is 12.9. The molecule has 0 atom stereocenters. The molecular formula is C14H21F3O2Si. The normalized spacial score (nSPS) is 11.9. The number of carbonyl (C=O) groups is 1. The van der Waals surface area contributed by atoms with E-state index in [1.54, 1.807) is 12.1 Å². The van der Waals surface area contributed by atoms with Gasteiger partial charge < -0.3 is 5.48 Å². The fourth-order valence-electron chi connectivity index (χ4n) is 1.72. The van der Waals surface area contributed by atoms with Crippen molar-refractivity contribution in [2.24, 2.45) is 5.41 Å². The summed E-state index contributed by atoms with van der Waals surface area (Å²) in [6.07, 6.45) is 0. The SMILES string of the molecule is C[Si](C)(C)c1cccc(C(=O)C(CF)(CF)CF)c1.O. The number of rotatable bonds is 6. The monoisotopic (exact) mass is 306 g/mol. The Balaban J connectivity index is 0.00000361. The molecule has 6 heteroatoms. The van der Waals surface area contributed by atoms with Gasteiger partial charge in [0, 0.05) is 5.56 Å². The van der Waals surface area contributed by atoms with Gasteiger partial charge >= 0.3 is 0 Å². The van der Waals surface area contributed by atoms with Gasteiger partial charge in [-0.25, -0.2) is 13.2 Å². The first-order chi connectivity index (χ1) is 8.80. The lowest BCUT2D eigenvalue weighted by Crippen LogP contribution is -2.41. The number of ketones is 1. The van der Waals surface area contributed by atoms with Crippen LogP contribution in [0.5, 0.6) is 0 Å². The quantitative estimate of drug-likeness (QED) is 0.588. The molecule has 114 valence electrons. The van der Waals surface area contributed by atoms with Crippen LogP contribution in [-0.2, 0) is 0 Å². The van der Waals surface area contributed by atoms with Crippen LogP contribution >= 0.6 is 0 Å². The molecule has 0 aliphatic carbocycles. The van der Waals surface area contributed by atoms with Crippen LogP contribution in [0.15, 0.2) is 24.3 Å². The van der Waals surface area contributed by atoms with E-state index in [1.807, 2.05) is 6.07 Å². The molecule has 20 heavy (non-hydrogen) atoms. The third-order valence-corrected chi connectivity index (χ3v) is 5.28. The number of hydrogen-bond acceptors (Lipinski definition) is 1. The number of hydrogen-bond donors (Lipinski definition) is 0. The Morgan fingerprint density at radius 1 is 1.10 bits per heavy atom. The molecule has 0 unspecified atom stereocenters. The smallest absolute Gasteiger partial charge is 0.176 e. The number of halogens is 3. The molecule has 1 aromatic carbocycles. The third kappa shape index (κ3) is 3.70. The fourth-order valence-corrected chi connectivity index (χ4v) is 2.91. The molecular weight excluding hydrogens is 285 g/mol. The van der Waals surface area contributed by atoms with E-state index in [1.165, 1.54) is 6.07 Å². The minimum atomic E-state index is -2.17. The van der Waals surface area contributed by atoms with Crippen LogP contribution in [0.4, 0.5) is 13.2 Å². The number of benzene rings is 1. The summed E-state index contributed by atoms with van der Waals surface area (Å²) >= 11 is 0. The van der Waals surface area contributed by atoms with Gasteiger partial charge in [-0.2, -0.15) is 0 Å². The van der Waals surface area contributed by atoms with Crippen molar-refractivity contribution in [2.75, 3.05) is 20.0 Å².